The highest BCUT2D eigenvalue weighted by Crippen LogP contribution is 2.42. The van der Waals surface area contributed by atoms with E-state index in [0.717, 1.165) is 34.9 Å². The van der Waals surface area contributed by atoms with Crippen LogP contribution >= 0.6 is 0 Å². The van der Waals surface area contributed by atoms with Crippen molar-refractivity contribution in [2.24, 2.45) is 23.7 Å². The molecule has 2 radical (unpaired) electrons. The van der Waals surface area contributed by atoms with E-state index in [1.54, 1.807) is 12.1 Å². The van der Waals surface area contributed by atoms with E-state index >= 15 is 0 Å². The van der Waals surface area contributed by atoms with E-state index in [1.165, 1.54) is 64.2 Å². The minimum absolute atomic E-state index is 0.364. The minimum Gasteiger partial charge on any atom is -0.435 e. The van der Waals surface area contributed by atoms with Gasteiger partial charge in [0, 0.05) is 0 Å². The van der Waals surface area contributed by atoms with Gasteiger partial charge in [-0.25, -0.2) is 0 Å². The number of hydrogen-bond acceptors (Lipinski definition) is 1. The van der Waals surface area contributed by atoms with Gasteiger partial charge in [-0.2, -0.15) is 8.78 Å². The molecule has 0 heterocycles. The lowest BCUT2D eigenvalue weighted by Gasteiger charge is -2.38. The van der Waals surface area contributed by atoms with Crippen LogP contribution in [0.2, 0.25) is 6.04 Å². The molecule has 2 aliphatic rings. The van der Waals surface area contributed by atoms with E-state index in [2.05, 4.69) is 11.7 Å². The minimum atomic E-state index is -2.74. The highest BCUT2D eigenvalue weighted by molar-refractivity contribution is 6.54. The van der Waals surface area contributed by atoms with Gasteiger partial charge in [0.1, 0.15) is 5.75 Å². The van der Waals surface area contributed by atoms with Crippen LogP contribution in [0.15, 0.2) is 24.3 Å². The molecule has 0 atom stereocenters. The molecular formula is C23H34F2OSi. The van der Waals surface area contributed by atoms with Crippen molar-refractivity contribution in [1.29, 1.82) is 0 Å². The first-order chi connectivity index (χ1) is 13.2. The third-order valence-corrected chi connectivity index (χ3v) is 8.41. The highest BCUT2D eigenvalue weighted by Gasteiger charge is 2.30. The van der Waals surface area contributed by atoms with Crippen LogP contribution in [0.3, 0.4) is 0 Å². The smallest absolute Gasteiger partial charge is 0.387 e. The van der Waals surface area contributed by atoms with Gasteiger partial charge in [-0.15, -0.1) is 0 Å². The summed E-state index contributed by atoms with van der Waals surface area (Å²) in [5, 5.41) is 0.953. The Labute approximate surface area is 166 Å². The van der Waals surface area contributed by atoms with E-state index < -0.39 is 6.61 Å². The second-order valence-electron chi connectivity index (χ2n) is 8.61. The van der Waals surface area contributed by atoms with Crippen molar-refractivity contribution in [3.8, 4) is 5.75 Å². The van der Waals surface area contributed by atoms with Crippen LogP contribution in [0, 0.1) is 23.7 Å². The Morgan fingerprint density at radius 2 is 1.52 bits per heavy atom. The third kappa shape index (κ3) is 6.30. The molecule has 0 aliphatic heterocycles. The number of halogens is 2. The topological polar surface area (TPSA) is 9.23 Å². The normalized spacial score (nSPS) is 29.0. The monoisotopic (exact) mass is 392 g/mol. The Bertz CT molecular complexity index is 549. The van der Waals surface area contributed by atoms with Crippen LogP contribution in [0.5, 0.6) is 5.75 Å². The second kappa shape index (κ2) is 10.6. The fourth-order valence-electron chi connectivity index (χ4n) is 5.29. The lowest BCUT2D eigenvalue weighted by Crippen LogP contribution is -2.27. The molecule has 2 fully saturated rings. The Morgan fingerprint density at radius 1 is 0.926 bits per heavy atom. The molecule has 0 bridgehead atoms. The van der Waals surface area contributed by atoms with Gasteiger partial charge in [-0.3, -0.25) is 0 Å². The van der Waals surface area contributed by atoms with Gasteiger partial charge in [0.05, 0.1) is 9.52 Å². The summed E-state index contributed by atoms with van der Waals surface area (Å²) < 4.78 is 29.8. The van der Waals surface area contributed by atoms with Crippen molar-refractivity contribution in [2.75, 3.05) is 0 Å². The summed E-state index contributed by atoms with van der Waals surface area (Å²) in [5.41, 5.74) is 0. The molecule has 1 aromatic carbocycles. The maximum atomic E-state index is 12.6. The largest absolute Gasteiger partial charge is 0.435 e. The van der Waals surface area contributed by atoms with Gasteiger partial charge < -0.3 is 4.74 Å². The Hall–Kier alpha value is -0.903. The SMILES string of the molecule is CCCC1CCC(C2CCC(C[Si]c3ccccc3OC(F)F)CC2)CC1. The van der Waals surface area contributed by atoms with Crippen LogP contribution in [0.25, 0.3) is 0 Å². The first-order valence-corrected chi connectivity index (χ1v) is 12.1. The first-order valence-electron chi connectivity index (χ1n) is 10.9. The Morgan fingerprint density at radius 3 is 2.11 bits per heavy atom. The predicted molar refractivity (Wildman–Crippen MR) is 109 cm³/mol. The van der Waals surface area contributed by atoms with Crippen molar-refractivity contribution in [3.63, 3.8) is 0 Å². The quantitative estimate of drug-likeness (QED) is 0.462. The average molecular weight is 393 g/mol. The number of para-hydroxylation sites is 1. The van der Waals surface area contributed by atoms with Crippen LogP contribution in [0.4, 0.5) is 8.78 Å². The van der Waals surface area contributed by atoms with Gasteiger partial charge in [0.2, 0.25) is 0 Å². The Kier molecular flexibility index (Phi) is 8.17. The van der Waals surface area contributed by atoms with Crippen molar-refractivity contribution in [1.82, 2.24) is 0 Å². The van der Waals surface area contributed by atoms with Gasteiger partial charge in [0.15, 0.2) is 0 Å². The van der Waals surface area contributed by atoms with Crippen LogP contribution in [-0.4, -0.2) is 16.1 Å². The number of alkyl halides is 2. The molecule has 2 aliphatic carbocycles. The van der Waals surface area contributed by atoms with Crippen molar-refractivity contribution in [3.05, 3.63) is 24.3 Å². The summed E-state index contributed by atoms with van der Waals surface area (Å²) in [4.78, 5) is 0. The molecule has 27 heavy (non-hydrogen) atoms. The third-order valence-electron chi connectivity index (χ3n) is 6.83. The Balaban J connectivity index is 1.40. The molecule has 1 nitrogen and oxygen atoms in total. The van der Waals surface area contributed by atoms with Crippen molar-refractivity contribution < 1.29 is 13.5 Å². The van der Waals surface area contributed by atoms with E-state index in [0.29, 0.717) is 15.3 Å². The molecule has 0 unspecified atom stereocenters. The van der Waals surface area contributed by atoms with Crippen LogP contribution in [-0.2, 0) is 0 Å². The van der Waals surface area contributed by atoms with Gasteiger partial charge in [-0.1, -0.05) is 69.7 Å². The molecule has 0 N–H and O–H groups in total. The highest BCUT2D eigenvalue weighted by atomic mass is 28.2. The zero-order valence-corrected chi connectivity index (χ0v) is 17.6. The number of ether oxygens (including phenoxy) is 1. The molecule has 1 aromatic rings. The lowest BCUT2D eigenvalue weighted by atomic mass is 9.69. The zero-order chi connectivity index (χ0) is 19.1. The fourth-order valence-corrected chi connectivity index (χ4v) is 6.73. The molecule has 0 aromatic heterocycles. The van der Waals surface area contributed by atoms with E-state index in [-0.39, 0.29) is 0 Å². The molecule has 4 heteroatoms. The number of rotatable bonds is 8. The maximum Gasteiger partial charge on any atom is 0.387 e. The van der Waals surface area contributed by atoms with Gasteiger partial charge in [0.25, 0.3) is 0 Å². The second-order valence-corrected chi connectivity index (χ2v) is 9.91. The van der Waals surface area contributed by atoms with Crippen LogP contribution < -0.4 is 9.92 Å². The summed E-state index contributed by atoms with van der Waals surface area (Å²) in [6, 6.07) is 8.43. The molecular weight excluding hydrogens is 358 g/mol. The molecule has 2 saturated carbocycles. The van der Waals surface area contributed by atoms with E-state index in [9.17, 15) is 8.78 Å². The van der Waals surface area contributed by atoms with E-state index in [4.69, 9.17) is 0 Å². The van der Waals surface area contributed by atoms with Crippen LogP contribution in [0.1, 0.15) is 71.1 Å². The number of hydrogen-bond donors (Lipinski definition) is 0. The summed E-state index contributed by atoms with van der Waals surface area (Å²) in [5.74, 6) is 4.04. The summed E-state index contributed by atoms with van der Waals surface area (Å²) in [6.45, 7) is -0.426. The summed E-state index contributed by atoms with van der Waals surface area (Å²) in [7, 11) is 0.570. The maximum absolute atomic E-state index is 12.6. The molecule has 0 saturated heterocycles. The predicted octanol–water partition coefficient (Wildman–Crippen LogP) is 6.45. The van der Waals surface area contributed by atoms with Crippen molar-refractivity contribution >= 4 is 14.7 Å². The average Bonchev–Trinajstić information content (AvgIpc) is 2.68. The molecule has 0 amide bonds. The molecule has 150 valence electrons. The first kappa shape index (κ1) is 20.8. The zero-order valence-electron chi connectivity index (χ0n) is 16.6. The van der Waals surface area contributed by atoms with E-state index in [1.807, 2.05) is 12.1 Å². The summed E-state index contributed by atoms with van der Waals surface area (Å²) >= 11 is 0. The standard InChI is InChI=1S/C23H34F2OSi/c1-2-5-17-8-12-19(13-9-17)20-14-10-18(11-15-20)16-27-22-7-4-3-6-21(22)26-23(24)25/h3-4,6-7,17-20,23H,2,5,8-16H2,1H3. The number of benzene rings is 1. The van der Waals surface area contributed by atoms with Crippen molar-refractivity contribution in [2.45, 2.75) is 83.8 Å². The molecule has 0 spiro atoms. The van der Waals surface area contributed by atoms with Gasteiger partial charge >= 0.3 is 6.61 Å². The van der Waals surface area contributed by atoms with Gasteiger partial charge in [-0.05, 0) is 60.6 Å². The summed E-state index contributed by atoms with van der Waals surface area (Å²) in [6.07, 6.45) is 14.0. The lowest BCUT2D eigenvalue weighted by molar-refractivity contribution is -0.0491. The molecule has 3 rings (SSSR count). The fraction of sp³-hybridized carbons (Fsp3) is 0.739.